The number of carbonyl (C=O) groups excluding carboxylic acids is 1. The molecule has 1 aliphatic carbocycles. The van der Waals surface area contributed by atoms with Crippen molar-refractivity contribution in [3.63, 3.8) is 0 Å². The minimum Gasteiger partial charge on any atom is -0.353 e. The van der Waals surface area contributed by atoms with Crippen LogP contribution in [0.2, 0.25) is 0 Å². The van der Waals surface area contributed by atoms with Gasteiger partial charge >= 0.3 is 0 Å². The standard InChI is InChI=1S/C11H22N2O/c1-2-9(8-12)11(14)13-10-6-4-3-5-7-10/h9-10H,2-8,12H2,1H3,(H,13,14). The van der Waals surface area contributed by atoms with Crippen LogP contribution in [0.1, 0.15) is 45.4 Å². The van der Waals surface area contributed by atoms with Crippen LogP contribution in [0.15, 0.2) is 0 Å². The number of nitrogens with two attached hydrogens (primary N) is 1. The molecule has 3 N–H and O–H groups in total. The van der Waals surface area contributed by atoms with E-state index in [0.29, 0.717) is 12.6 Å². The summed E-state index contributed by atoms with van der Waals surface area (Å²) in [6.07, 6.45) is 6.96. The van der Waals surface area contributed by atoms with Gasteiger partial charge in [0.1, 0.15) is 0 Å². The van der Waals surface area contributed by atoms with Crippen LogP contribution in [0.3, 0.4) is 0 Å². The Morgan fingerprint density at radius 1 is 1.43 bits per heavy atom. The van der Waals surface area contributed by atoms with Crippen molar-refractivity contribution in [1.82, 2.24) is 5.32 Å². The molecule has 0 spiro atoms. The zero-order valence-electron chi connectivity index (χ0n) is 9.09. The summed E-state index contributed by atoms with van der Waals surface area (Å²) in [5.41, 5.74) is 5.53. The third kappa shape index (κ3) is 3.29. The van der Waals surface area contributed by atoms with Crippen LogP contribution in [-0.4, -0.2) is 18.5 Å². The first-order valence-electron chi connectivity index (χ1n) is 5.78. The van der Waals surface area contributed by atoms with Gasteiger partial charge in [0.05, 0.1) is 0 Å². The molecule has 0 saturated heterocycles. The lowest BCUT2D eigenvalue weighted by Crippen LogP contribution is -2.41. The Hall–Kier alpha value is -0.570. The van der Waals surface area contributed by atoms with Crippen molar-refractivity contribution in [1.29, 1.82) is 0 Å². The molecule has 1 fully saturated rings. The van der Waals surface area contributed by atoms with Gasteiger partial charge in [-0.25, -0.2) is 0 Å². The molecular formula is C11H22N2O. The summed E-state index contributed by atoms with van der Waals surface area (Å²) in [4.78, 5) is 11.7. The molecule has 1 atom stereocenters. The maximum absolute atomic E-state index is 11.7. The van der Waals surface area contributed by atoms with Crippen molar-refractivity contribution >= 4 is 5.91 Å². The molecule has 0 aromatic heterocycles. The first-order valence-corrected chi connectivity index (χ1v) is 5.78. The van der Waals surface area contributed by atoms with E-state index in [1.165, 1.54) is 19.3 Å². The highest BCUT2D eigenvalue weighted by atomic mass is 16.1. The second-order valence-corrected chi connectivity index (χ2v) is 4.18. The third-order valence-corrected chi connectivity index (χ3v) is 3.10. The number of hydrogen-bond acceptors (Lipinski definition) is 2. The summed E-state index contributed by atoms with van der Waals surface area (Å²) >= 11 is 0. The van der Waals surface area contributed by atoms with Crippen LogP contribution >= 0.6 is 0 Å². The van der Waals surface area contributed by atoms with Gasteiger partial charge in [-0.05, 0) is 19.3 Å². The molecule has 3 nitrogen and oxygen atoms in total. The van der Waals surface area contributed by atoms with Gasteiger partial charge in [-0.2, -0.15) is 0 Å². The van der Waals surface area contributed by atoms with Crippen LogP contribution in [-0.2, 0) is 4.79 Å². The van der Waals surface area contributed by atoms with Gasteiger partial charge in [-0.15, -0.1) is 0 Å². The molecule has 82 valence electrons. The van der Waals surface area contributed by atoms with E-state index in [1.807, 2.05) is 6.92 Å². The average molecular weight is 198 g/mol. The number of rotatable bonds is 4. The molecule has 1 rings (SSSR count). The molecule has 0 heterocycles. The summed E-state index contributed by atoms with van der Waals surface area (Å²) in [6, 6.07) is 0.414. The maximum atomic E-state index is 11.7. The van der Waals surface area contributed by atoms with Crippen LogP contribution in [0.5, 0.6) is 0 Å². The zero-order valence-corrected chi connectivity index (χ0v) is 9.09. The highest BCUT2D eigenvalue weighted by molar-refractivity contribution is 5.79. The van der Waals surface area contributed by atoms with E-state index in [2.05, 4.69) is 5.32 Å². The topological polar surface area (TPSA) is 55.1 Å². The van der Waals surface area contributed by atoms with Crippen molar-refractivity contribution in [3.8, 4) is 0 Å². The van der Waals surface area contributed by atoms with Gasteiger partial charge in [0.2, 0.25) is 5.91 Å². The van der Waals surface area contributed by atoms with Gasteiger partial charge < -0.3 is 11.1 Å². The van der Waals surface area contributed by atoms with Crippen molar-refractivity contribution in [3.05, 3.63) is 0 Å². The quantitative estimate of drug-likeness (QED) is 0.718. The van der Waals surface area contributed by atoms with E-state index >= 15 is 0 Å². The fraction of sp³-hybridized carbons (Fsp3) is 0.909. The summed E-state index contributed by atoms with van der Waals surface area (Å²) in [7, 11) is 0. The van der Waals surface area contributed by atoms with Crippen molar-refractivity contribution in [2.24, 2.45) is 11.7 Å². The highest BCUT2D eigenvalue weighted by Crippen LogP contribution is 2.17. The predicted octanol–water partition coefficient (Wildman–Crippen LogP) is 1.42. The number of hydrogen-bond donors (Lipinski definition) is 2. The second-order valence-electron chi connectivity index (χ2n) is 4.18. The molecule has 0 aromatic rings. The fourth-order valence-corrected chi connectivity index (χ4v) is 2.03. The Morgan fingerprint density at radius 3 is 2.57 bits per heavy atom. The Labute approximate surface area is 86.4 Å². The molecule has 1 aliphatic rings. The van der Waals surface area contributed by atoms with Crippen molar-refractivity contribution in [2.45, 2.75) is 51.5 Å². The van der Waals surface area contributed by atoms with Crippen LogP contribution in [0.4, 0.5) is 0 Å². The van der Waals surface area contributed by atoms with Gasteiger partial charge in [0.25, 0.3) is 0 Å². The molecular weight excluding hydrogens is 176 g/mol. The Bertz CT molecular complexity index is 172. The predicted molar refractivity (Wildman–Crippen MR) is 57.9 cm³/mol. The van der Waals surface area contributed by atoms with E-state index in [1.54, 1.807) is 0 Å². The molecule has 14 heavy (non-hydrogen) atoms. The number of carbonyl (C=O) groups is 1. The van der Waals surface area contributed by atoms with Crippen LogP contribution < -0.4 is 11.1 Å². The van der Waals surface area contributed by atoms with E-state index in [4.69, 9.17) is 5.73 Å². The summed E-state index contributed by atoms with van der Waals surface area (Å²) in [6.45, 7) is 2.48. The van der Waals surface area contributed by atoms with E-state index in [0.717, 1.165) is 19.3 Å². The van der Waals surface area contributed by atoms with Gasteiger partial charge in [-0.3, -0.25) is 4.79 Å². The average Bonchev–Trinajstić information content (AvgIpc) is 2.21. The van der Waals surface area contributed by atoms with Gasteiger partial charge in [0.15, 0.2) is 0 Å². The largest absolute Gasteiger partial charge is 0.353 e. The maximum Gasteiger partial charge on any atom is 0.224 e. The van der Waals surface area contributed by atoms with Crippen LogP contribution in [0, 0.1) is 5.92 Å². The van der Waals surface area contributed by atoms with Gasteiger partial charge in [-0.1, -0.05) is 26.2 Å². The van der Waals surface area contributed by atoms with Crippen LogP contribution in [0.25, 0.3) is 0 Å². The zero-order chi connectivity index (χ0) is 10.4. The monoisotopic (exact) mass is 198 g/mol. The Kier molecular flexibility index (Phi) is 4.94. The second kappa shape index (κ2) is 6.02. The number of amides is 1. The van der Waals surface area contributed by atoms with Gasteiger partial charge in [0, 0.05) is 18.5 Å². The van der Waals surface area contributed by atoms with E-state index in [-0.39, 0.29) is 11.8 Å². The third-order valence-electron chi connectivity index (χ3n) is 3.10. The first-order chi connectivity index (χ1) is 6.77. The summed E-state index contributed by atoms with van der Waals surface area (Å²) < 4.78 is 0. The molecule has 1 amide bonds. The normalized spacial score (nSPS) is 20.4. The lowest BCUT2D eigenvalue weighted by atomic mass is 9.94. The first kappa shape index (κ1) is 11.5. The minimum atomic E-state index is 0.0110. The van der Waals surface area contributed by atoms with Crippen molar-refractivity contribution in [2.75, 3.05) is 6.54 Å². The molecule has 0 bridgehead atoms. The lowest BCUT2D eigenvalue weighted by molar-refractivity contribution is -0.125. The minimum absolute atomic E-state index is 0.0110. The molecule has 1 unspecified atom stereocenters. The molecule has 1 saturated carbocycles. The molecule has 0 aliphatic heterocycles. The number of nitrogens with one attached hydrogen (secondary N) is 1. The van der Waals surface area contributed by atoms with Crippen molar-refractivity contribution < 1.29 is 4.79 Å². The molecule has 0 radical (unpaired) electrons. The Morgan fingerprint density at radius 2 is 2.07 bits per heavy atom. The smallest absolute Gasteiger partial charge is 0.224 e. The fourth-order valence-electron chi connectivity index (χ4n) is 2.03. The van der Waals surface area contributed by atoms with E-state index in [9.17, 15) is 4.79 Å². The molecule has 3 heteroatoms. The SMILES string of the molecule is CCC(CN)C(=O)NC1CCCCC1. The summed E-state index contributed by atoms with van der Waals surface area (Å²) in [5.74, 6) is 0.166. The molecule has 0 aromatic carbocycles. The van der Waals surface area contributed by atoms with E-state index < -0.39 is 0 Å². The summed E-state index contributed by atoms with van der Waals surface area (Å²) in [5, 5.41) is 3.10. The Balaban J connectivity index is 2.30. The lowest BCUT2D eigenvalue weighted by Gasteiger charge is -2.24. The highest BCUT2D eigenvalue weighted by Gasteiger charge is 2.19.